The maximum atomic E-state index is 12.6. The first-order chi connectivity index (χ1) is 12.8. The third-order valence-corrected chi connectivity index (χ3v) is 3.96. The van der Waals surface area contributed by atoms with Crippen LogP contribution in [0.5, 0.6) is 11.6 Å². The summed E-state index contributed by atoms with van der Waals surface area (Å²) >= 11 is 5.74. The summed E-state index contributed by atoms with van der Waals surface area (Å²) in [4.78, 5) is 25.9. The number of nitro benzene ring substituents is 1. The number of halogens is 4. The van der Waals surface area contributed by atoms with Crippen molar-refractivity contribution in [2.24, 2.45) is 0 Å². The van der Waals surface area contributed by atoms with Crippen LogP contribution in [0.25, 0.3) is 0 Å². The summed E-state index contributed by atoms with van der Waals surface area (Å²) in [7, 11) is -3.01. The van der Waals surface area contributed by atoms with Gasteiger partial charge in [0.25, 0.3) is 11.6 Å². The van der Waals surface area contributed by atoms with Crippen LogP contribution >= 0.6 is 11.6 Å². The topological polar surface area (TPSA) is 111 Å². The Kier molecular flexibility index (Phi) is 5.85. The second-order valence-electron chi connectivity index (χ2n) is 5.48. The van der Waals surface area contributed by atoms with Gasteiger partial charge in [0.15, 0.2) is 0 Å². The Hall–Kier alpha value is -2.86. The van der Waals surface area contributed by atoms with Crippen LogP contribution in [-0.4, -0.2) is 32.1 Å². The minimum atomic E-state index is -4.66. The fourth-order valence-electron chi connectivity index (χ4n) is 1.94. The Morgan fingerprint density at radius 3 is 2.54 bits per heavy atom. The molecule has 13 heteroatoms. The van der Waals surface area contributed by atoms with Gasteiger partial charge in [0, 0.05) is 34.3 Å². The first-order valence-corrected chi connectivity index (χ1v) is 9.62. The molecule has 1 heterocycles. The minimum absolute atomic E-state index is 0.170. The molecule has 1 amide bonds. The van der Waals surface area contributed by atoms with E-state index in [1.54, 1.807) is 0 Å². The zero-order chi connectivity index (χ0) is 21.3. The quantitative estimate of drug-likeness (QED) is 0.435. The van der Waals surface area contributed by atoms with Crippen LogP contribution in [-0.2, 0) is 15.9 Å². The maximum absolute atomic E-state index is 12.6. The largest absolute Gasteiger partial charge is 0.438 e. The van der Waals surface area contributed by atoms with E-state index in [-0.39, 0.29) is 5.75 Å². The van der Waals surface area contributed by atoms with Crippen LogP contribution in [0.2, 0.25) is 5.02 Å². The van der Waals surface area contributed by atoms with Crippen LogP contribution in [0, 0.1) is 10.1 Å². The van der Waals surface area contributed by atoms with Gasteiger partial charge in [-0.05, 0) is 18.0 Å². The molecule has 0 aliphatic carbocycles. The lowest BCUT2D eigenvalue weighted by Crippen LogP contribution is -2.29. The van der Waals surface area contributed by atoms with Gasteiger partial charge in [-0.15, -0.1) is 0 Å². The summed E-state index contributed by atoms with van der Waals surface area (Å²) < 4.78 is 56.8. The number of alkyl halides is 3. The Balaban J connectivity index is 2.41. The molecular weight excluding hydrogens is 427 g/mol. The molecule has 0 fully saturated rings. The van der Waals surface area contributed by atoms with E-state index >= 15 is 0 Å². The highest BCUT2D eigenvalue weighted by molar-refractivity contribution is 7.98. The van der Waals surface area contributed by atoms with Crippen LogP contribution in [0.15, 0.2) is 30.5 Å². The molecule has 1 unspecified atom stereocenters. The van der Waals surface area contributed by atoms with E-state index in [0.717, 1.165) is 24.5 Å². The standard InChI is InChI=1S/C15H11ClF3N3O5S/c1-28(2,26)21-13(23)10-6-9(3-4-12(10)22(24)25)27-14-11(16)5-8(7-20-14)15(17,18)19/h3-7H,1H2,2H3,(H,21,23,26). The van der Waals surface area contributed by atoms with Gasteiger partial charge < -0.3 is 4.74 Å². The number of hydrogen-bond donors (Lipinski definition) is 1. The zero-order valence-electron chi connectivity index (χ0n) is 13.9. The smallest absolute Gasteiger partial charge is 0.417 e. The molecule has 0 aliphatic rings. The van der Waals surface area contributed by atoms with Crippen molar-refractivity contribution in [1.29, 1.82) is 0 Å². The van der Waals surface area contributed by atoms with Gasteiger partial charge in [0.2, 0.25) is 5.88 Å². The second kappa shape index (κ2) is 7.64. The van der Waals surface area contributed by atoms with Gasteiger partial charge in [-0.25, -0.2) is 9.19 Å². The van der Waals surface area contributed by atoms with Crippen molar-refractivity contribution >= 4 is 38.8 Å². The van der Waals surface area contributed by atoms with E-state index < -0.39 is 54.4 Å². The Morgan fingerprint density at radius 1 is 1.39 bits per heavy atom. The fourth-order valence-corrected chi connectivity index (χ4v) is 2.64. The van der Waals surface area contributed by atoms with Crippen molar-refractivity contribution in [3.63, 3.8) is 0 Å². The number of rotatable bonds is 5. The van der Waals surface area contributed by atoms with Crippen LogP contribution in [0.3, 0.4) is 0 Å². The summed E-state index contributed by atoms with van der Waals surface area (Å²) in [6, 6.07) is 3.56. The van der Waals surface area contributed by atoms with E-state index in [9.17, 15) is 32.3 Å². The predicted octanol–water partition coefficient (Wildman–Crippen LogP) is 3.45. The highest BCUT2D eigenvalue weighted by atomic mass is 35.5. The third kappa shape index (κ3) is 5.33. The molecule has 0 saturated carbocycles. The van der Waals surface area contributed by atoms with E-state index in [4.69, 9.17) is 16.3 Å². The van der Waals surface area contributed by atoms with E-state index in [1.807, 2.05) is 4.72 Å². The molecule has 1 aromatic heterocycles. The zero-order valence-corrected chi connectivity index (χ0v) is 15.5. The van der Waals surface area contributed by atoms with Crippen molar-refractivity contribution in [2.75, 3.05) is 6.26 Å². The molecule has 0 saturated heterocycles. The molecule has 150 valence electrons. The number of benzene rings is 1. The molecule has 0 aliphatic heterocycles. The lowest BCUT2D eigenvalue weighted by molar-refractivity contribution is -0.385. The number of carbonyl (C=O) groups is 1. The van der Waals surface area contributed by atoms with Gasteiger partial charge in [-0.1, -0.05) is 11.6 Å². The first-order valence-electron chi connectivity index (χ1n) is 7.11. The molecule has 2 aromatic rings. The van der Waals surface area contributed by atoms with Gasteiger partial charge >= 0.3 is 6.18 Å². The van der Waals surface area contributed by atoms with Gasteiger partial charge in [0.1, 0.15) is 16.3 Å². The summed E-state index contributed by atoms with van der Waals surface area (Å²) in [6.45, 7) is 0. The molecular formula is C15H11ClF3N3O5S. The minimum Gasteiger partial charge on any atom is -0.438 e. The number of pyridine rings is 1. The molecule has 0 radical (unpaired) electrons. The molecule has 1 N–H and O–H groups in total. The summed E-state index contributed by atoms with van der Waals surface area (Å²) in [5.74, 6) is 1.59. The second-order valence-corrected chi connectivity index (χ2v) is 8.10. The number of aromatic nitrogens is 1. The Bertz CT molecular complexity index is 1060. The number of nitro groups is 1. The average molecular weight is 438 g/mol. The van der Waals surface area contributed by atoms with Crippen molar-refractivity contribution in [3.8, 4) is 11.6 Å². The van der Waals surface area contributed by atoms with E-state index in [1.165, 1.54) is 0 Å². The SMILES string of the molecule is C=S(C)(=O)NC(=O)c1cc(Oc2ncc(C(F)(F)F)cc2Cl)ccc1[N+](=O)[O-]. The number of nitrogens with zero attached hydrogens (tertiary/aromatic N) is 2. The monoisotopic (exact) mass is 437 g/mol. The number of nitrogens with one attached hydrogen (secondary N) is 1. The molecule has 1 aromatic carbocycles. The van der Waals surface area contributed by atoms with Crippen LogP contribution < -0.4 is 9.46 Å². The number of carbonyl (C=O) groups excluding carboxylic acids is 1. The molecule has 0 spiro atoms. The van der Waals surface area contributed by atoms with Crippen molar-refractivity contribution in [1.82, 2.24) is 9.71 Å². The molecule has 0 bridgehead atoms. The fraction of sp³-hybridized carbons (Fsp3) is 0.133. The average Bonchev–Trinajstić information content (AvgIpc) is 2.54. The number of ether oxygens (including phenoxy) is 1. The van der Waals surface area contributed by atoms with Crippen molar-refractivity contribution in [3.05, 3.63) is 56.7 Å². The third-order valence-electron chi connectivity index (χ3n) is 3.07. The highest BCUT2D eigenvalue weighted by Gasteiger charge is 2.32. The Morgan fingerprint density at radius 2 is 2.04 bits per heavy atom. The summed E-state index contributed by atoms with van der Waals surface area (Å²) in [5, 5.41) is 10.6. The van der Waals surface area contributed by atoms with Gasteiger partial charge in [-0.3, -0.25) is 19.6 Å². The van der Waals surface area contributed by atoms with Crippen LogP contribution in [0.4, 0.5) is 18.9 Å². The molecule has 2 rings (SSSR count). The van der Waals surface area contributed by atoms with Crippen molar-refractivity contribution < 1.29 is 31.8 Å². The van der Waals surface area contributed by atoms with Crippen LogP contribution in [0.1, 0.15) is 15.9 Å². The van der Waals surface area contributed by atoms with E-state index in [2.05, 4.69) is 10.9 Å². The lowest BCUT2D eigenvalue weighted by atomic mass is 10.1. The van der Waals surface area contributed by atoms with E-state index in [0.29, 0.717) is 12.3 Å². The normalized spacial score (nSPS) is 13.5. The maximum Gasteiger partial charge on any atom is 0.417 e. The van der Waals surface area contributed by atoms with Gasteiger partial charge in [0.05, 0.1) is 10.5 Å². The summed E-state index contributed by atoms with van der Waals surface area (Å²) in [6.07, 6.45) is -3.05. The lowest BCUT2D eigenvalue weighted by Gasteiger charge is -2.11. The summed E-state index contributed by atoms with van der Waals surface area (Å²) in [5.41, 5.74) is -2.20. The predicted molar refractivity (Wildman–Crippen MR) is 96.1 cm³/mol. The number of hydrogen-bond acceptors (Lipinski definition) is 6. The van der Waals surface area contributed by atoms with Crippen molar-refractivity contribution in [2.45, 2.75) is 6.18 Å². The Labute approximate surface area is 161 Å². The molecule has 28 heavy (non-hydrogen) atoms. The molecule has 8 nitrogen and oxygen atoms in total. The molecule has 1 atom stereocenters. The first kappa shape index (κ1) is 21.4. The van der Waals surface area contributed by atoms with Gasteiger partial charge in [-0.2, -0.15) is 13.2 Å². The number of amides is 1. The highest BCUT2D eigenvalue weighted by Crippen LogP contribution is 2.35.